The second-order valence-corrected chi connectivity index (χ2v) is 12.4. The van der Waals surface area contributed by atoms with E-state index in [0.29, 0.717) is 34.3 Å². The van der Waals surface area contributed by atoms with E-state index in [-0.39, 0.29) is 22.8 Å². The van der Waals surface area contributed by atoms with E-state index in [1.807, 2.05) is 15.6 Å². The molecular weight excluding hydrogens is 597 g/mol. The molecule has 1 aliphatic rings. The Morgan fingerprint density at radius 3 is 2.50 bits per heavy atom. The molecule has 0 spiro atoms. The van der Waals surface area contributed by atoms with Gasteiger partial charge in [-0.3, -0.25) is 14.1 Å². The van der Waals surface area contributed by atoms with Crippen LogP contribution in [0.25, 0.3) is 33.3 Å². The van der Waals surface area contributed by atoms with Gasteiger partial charge < -0.3 is 16.2 Å². The van der Waals surface area contributed by atoms with E-state index in [9.17, 15) is 21.6 Å². The predicted molar refractivity (Wildman–Crippen MR) is 160 cm³/mol. The molecule has 1 atom stereocenters. The number of ether oxygens (including phenoxy) is 1. The van der Waals surface area contributed by atoms with Crippen LogP contribution in [0.15, 0.2) is 61.1 Å². The molecule has 0 amide bonds. The normalized spacial score (nSPS) is 15.1. The summed E-state index contributed by atoms with van der Waals surface area (Å²) in [5.41, 5.74) is 15.6. The number of pyridine rings is 1. The Hall–Kier alpha value is -4.63. The molecule has 3 heterocycles. The van der Waals surface area contributed by atoms with Crippen LogP contribution in [0.3, 0.4) is 0 Å². The molecule has 15 heteroatoms. The van der Waals surface area contributed by atoms with Crippen LogP contribution in [0, 0.1) is 5.82 Å². The van der Waals surface area contributed by atoms with E-state index >= 15 is 0 Å². The lowest BCUT2D eigenvalue weighted by Crippen LogP contribution is -2.27. The minimum Gasteiger partial charge on any atom is -0.484 e. The minimum atomic E-state index is -5.02. The summed E-state index contributed by atoms with van der Waals surface area (Å²) >= 11 is 0. The fraction of sp³-hybridized carbons (Fsp3) is 0.276. The molecule has 230 valence electrons. The third-order valence-electron chi connectivity index (χ3n) is 7.86. The number of alkyl halides is 2. The molecule has 0 bridgehead atoms. The van der Waals surface area contributed by atoms with E-state index < -0.39 is 27.7 Å². The number of nitrogen functional groups attached to an aromatic ring is 1. The number of benzene rings is 2. The van der Waals surface area contributed by atoms with Crippen molar-refractivity contribution in [3.8, 4) is 28.1 Å². The van der Waals surface area contributed by atoms with Gasteiger partial charge in [-0.2, -0.15) is 19.0 Å². The van der Waals surface area contributed by atoms with Crippen molar-refractivity contribution < 1.29 is 26.3 Å². The Morgan fingerprint density at radius 2 is 1.84 bits per heavy atom. The van der Waals surface area contributed by atoms with Gasteiger partial charge in [0, 0.05) is 42.7 Å². The highest BCUT2D eigenvalue weighted by molar-refractivity contribution is 7.93. The summed E-state index contributed by atoms with van der Waals surface area (Å²) in [5.74, 6) is -3.97. The van der Waals surface area contributed by atoms with E-state index in [0.717, 1.165) is 24.0 Å². The third-order valence-corrected chi connectivity index (χ3v) is 8.84. The molecule has 0 unspecified atom stereocenters. The van der Waals surface area contributed by atoms with Crippen LogP contribution in [0.1, 0.15) is 31.4 Å². The Bertz CT molecular complexity index is 1970. The van der Waals surface area contributed by atoms with Crippen LogP contribution in [-0.2, 0) is 22.6 Å². The predicted octanol–water partition coefficient (Wildman–Crippen LogP) is 4.77. The lowest BCUT2D eigenvalue weighted by atomic mass is 10.0. The van der Waals surface area contributed by atoms with Crippen LogP contribution < -0.4 is 20.9 Å². The topological polar surface area (TPSA) is 156 Å². The number of nitrogens with two attached hydrogens (primary N) is 2. The van der Waals surface area contributed by atoms with Gasteiger partial charge in [-0.25, -0.2) is 17.8 Å². The smallest absolute Gasteiger partial charge is 0.355 e. The summed E-state index contributed by atoms with van der Waals surface area (Å²) in [5, 5.41) is 9.77. The number of nitrogens with one attached hydrogen (secondary N) is 1. The molecule has 2 aromatic carbocycles. The Morgan fingerprint density at radius 1 is 1.11 bits per heavy atom. The summed E-state index contributed by atoms with van der Waals surface area (Å²) in [4.78, 5) is 4.42. The van der Waals surface area contributed by atoms with Gasteiger partial charge in [0.1, 0.15) is 29.2 Å². The average Bonchev–Trinajstić information content (AvgIpc) is 3.49. The summed E-state index contributed by atoms with van der Waals surface area (Å²) < 4.78 is 75.6. The van der Waals surface area contributed by atoms with Crippen molar-refractivity contribution in [3.05, 3.63) is 72.4 Å². The van der Waals surface area contributed by atoms with Crippen molar-refractivity contribution in [2.24, 2.45) is 12.8 Å². The van der Waals surface area contributed by atoms with Crippen molar-refractivity contribution in [2.75, 3.05) is 17.0 Å². The van der Waals surface area contributed by atoms with Crippen molar-refractivity contribution in [1.82, 2.24) is 24.5 Å². The van der Waals surface area contributed by atoms with Gasteiger partial charge in [0.25, 0.3) is 10.0 Å². The van der Waals surface area contributed by atoms with E-state index in [2.05, 4.69) is 10.1 Å². The van der Waals surface area contributed by atoms with Crippen LogP contribution in [-0.4, -0.2) is 45.3 Å². The van der Waals surface area contributed by atoms with E-state index in [1.165, 1.54) is 42.5 Å². The summed E-state index contributed by atoms with van der Waals surface area (Å²) in [6.45, 7) is 2.14. The van der Waals surface area contributed by atoms with Crippen LogP contribution >= 0.6 is 0 Å². The number of aromatic nitrogens is 5. The van der Waals surface area contributed by atoms with Gasteiger partial charge in [-0.1, -0.05) is 18.2 Å². The maximum atomic E-state index is 13.5. The monoisotopic (exact) mass is 626 g/mol. The first-order valence-electron chi connectivity index (χ1n) is 13.7. The van der Waals surface area contributed by atoms with Crippen LogP contribution in [0.2, 0.25) is 0 Å². The molecule has 0 radical (unpaired) electrons. The second kappa shape index (κ2) is 10.8. The van der Waals surface area contributed by atoms with E-state index in [1.54, 1.807) is 31.0 Å². The van der Waals surface area contributed by atoms with E-state index in [4.69, 9.17) is 21.3 Å². The molecule has 0 saturated heterocycles. The summed E-state index contributed by atoms with van der Waals surface area (Å²) in [7, 11) is -3.26. The number of hydrogen-bond donors (Lipinski definition) is 3. The highest BCUT2D eigenvalue weighted by Crippen LogP contribution is 2.44. The van der Waals surface area contributed by atoms with Crippen molar-refractivity contribution in [3.63, 3.8) is 0 Å². The number of aryl methyl sites for hydroxylation is 1. The maximum absolute atomic E-state index is 13.5. The zero-order valence-corrected chi connectivity index (χ0v) is 24.5. The van der Waals surface area contributed by atoms with Gasteiger partial charge in [0.05, 0.1) is 28.3 Å². The van der Waals surface area contributed by atoms with Gasteiger partial charge in [0.15, 0.2) is 0 Å². The molecule has 3 aromatic heterocycles. The van der Waals surface area contributed by atoms with Crippen molar-refractivity contribution >= 4 is 32.4 Å². The van der Waals surface area contributed by atoms with Crippen LogP contribution in [0.5, 0.6) is 5.75 Å². The van der Waals surface area contributed by atoms with Crippen molar-refractivity contribution in [2.45, 2.75) is 37.2 Å². The standard InChI is InChI=1S/C29H29F3N8O3S/c1-16(17-3-6-20(30)7-4-17)43-23-11-18(5-8-22(23)38-44(41,42)28(31)32)25-24-26(39(2)37-25)21(13-35-27(24)34)19-12-36-40(14-19)29(15-33)9-10-29/h3-8,11-14,16,28,38H,9-10,15,33H2,1-2H3,(H2,34,35)/t16-/m0/s1. The second-order valence-electron chi connectivity index (χ2n) is 10.8. The SMILES string of the molecule is C[C@H](Oc1cc(-c2nn(C)c3c(-c4cnn(C5(CN)CC5)c4)cnc(N)c23)ccc1NS(=O)(=O)C(F)F)c1ccc(F)cc1. The molecule has 1 aliphatic carbocycles. The molecular formula is C29H29F3N8O3S. The number of halogens is 3. The zero-order valence-electron chi connectivity index (χ0n) is 23.7. The zero-order chi connectivity index (χ0) is 31.4. The first-order chi connectivity index (χ1) is 20.9. The first-order valence-corrected chi connectivity index (χ1v) is 15.2. The quantitative estimate of drug-likeness (QED) is 0.200. The molecule has 6 rings (SSSR count). The van der Waals surface area contributed by atoms with Gasteiger partial charge in [-0.15, -0.1) is 0 Å². The Labute approximate surface area is 250 Å². The van der Waals surface area contributed by atoms with Gasteiger partial charge >= 0.3 is 5.76 Å². The Kier molecular flexibility index (Phi) is 7.24. The number of nitrogens with zero attached hydrogens (tertiary/aromatic N) is 5. The minimum absolute atomic E-state index is 0.0529. The third kappa shape index (κ3) is 5.21. The van der Waals surface area contributed by atoms with Gasteiger partial charge in [0.2, 0.25) is 0 Å². The molecule has 1 fully saturated rings. The van der Waals surface area contributed by atoms with Crippen molar-refractivity contribution in [1.29, 1.82) is 0 Å². The highest BCUT2D eigenvalue weighted by atomic mass is 32.2. The number of fused-ring (bicyclic) bond motifs is 1. The number of sulfonamides is 1. The van der Waals surface area contributed by atoms with Gasteiger partial charge in [-0.05, 0) is 49.6 Å². The molecule has 11 nitrogen and oxygen atoms in total. The average molecular weight is 627 g/mol. The van der Waals surface area contributed by atoms with Crippen LogP contribution in [0.4, 0.5) is 24.7 Å². The first kappa shape index (κ1) is 29.4. The molecule has 5 N–H and O–H groups in total. The summed E-state index contributed by atoms with van der Waals surface area (Å²) in [6.07, 6.45) is 6.49. The fourth-order valence-corrected chi connectivity index (χ4v) is 5.75. The molecule has 44 heavy (non-hydrogen) atoms. The highest BCUT2D eigenvalue weighted by Gasteiger charge is 2.44. The molecule has 1 saturated carbocycles. The molecule has 5 aromatic rings. The summed E-state index contributed by atoms with van der Waals surface area (Å²) in [6, 6.07) is 9.83. The lowest BCUT2D eigenvalue weighted by molar-refractivity contribution is 0.228. The number of hydrogen-bond acceptors (Lipinski definition) is 8. The maximum Gasteiger partial charge on any atom is 0.355 e. The number of anilines is 2. The Balaban J connectivity index is 1.45. The largest absolute Gasteiger partial charge is 0.484 e. The number of rotatable bonds is 10. The molecule has 0 aliphatic heterocycles. The fourth-order valence-electron chi connectivity index (χ4n) is 5.18. The lowest BCUT2D eigenvalue weighted by Gasteiger charge is -2.19.